The Morgan fingerprint density at radius 1 is 1.43 bits per heavy atom. The van der Waals surface area contributed by atoms with Crippen LogP contribution in [-0.4, -0.2) is 33.5 Å². The number of aromatic nitrogens is 2. The van der Waals surface area contributed by atoms with Gasteiger partial charge in [-0.3, -0.25) is 0 Å². The van der Waals surface area contributed by atoms with Gasteiger partial charge in [0.25, 0.3) is 0 Å². The Morgan fingerprint density at radius 3 is 2.82 bits per heavy atom. The van der Waals surface area contributed by atoms with Gasteiger partial charge in [0, 0.05) is 11.1 Å². The molecular formula is C18H16BrClN6O2. The summed E-state index contributed by atoms with van der Waals surface area (Å²) in [4.78, 5) is 22.9. The molecule has 28 heavy (non-hydrogen) atoms. The van der Waals surface area contributed by atoms with Crippen molar-refractivity contribution in [1.82, 2.24) is 20.2 Å². The molecular weight excluding hydrogens is 448 g/mol. The lowest BCUT2D eigenvalue weighted by Crippen LogP contribution is -2.43. The number of nitrogens with two attached hydrogens (primary N) is 1. The van der Waals surface area contributed by atoms with E-state index in [1.807, 2.05) is 0 Å². The third kappa shape index (κ3) is 3.23. The molecule has 4 rings (SSSR count). The second-order valence-electron chi connectivity index (χ2n) is 6.80. The minimum absolute atomic E-state index is 0.102. The smallest absolute Gasteiger partial charge is 0.319 e. The van der Waals surface area contributed by atoms with E-state index in [1.54, 1.807) is 24.1 Å². The molecule has 8 nitrogen and oxygen atoms in total. The van der Waals surface area contributed by atoms with Gasteiger partial charge in [0.15, 0.2) is 0 Å². The number of nitrogens with zero attached hydrogens (tertiary/aromatic N) is 4. The maximum absolute atomic E-state index is 12.6. The van der Waals surface area contributed by atoms with Gasteiger partial charge >= 0.3 is 6.03 Å². The molecule has 144 valence electrons. The molecule has 10 heteroatoms. The highest BCUT2D eigenvalue weighted by atomic mass is 79.9. The number of rotatable bonds is 3. The highest BCUT2D eigenvalue weighted by molar-refractivity contribution is 9.10. The van der Waals surface area contributed by atoms with Gasteiger partial charge in [-0.25, -0.2) is 14.8 Å². The Hall–Kier alpha value is -2.57. The van der Waals surface area contributed by atoms with Crippen molar-refractivity contribution < 1.29 is 9.53 Å². The van der Waals surface area contributed by atoms with Crippen molar-refractivity contribution >= 4 is 39.5 Å². The molecule has 0 atom stereocenters. The first-order valence-electron chi connectivity index (χ1n) is 8.53. The first-order chi connectivity index (χ1) is 13.4. The van der Waals surface area contributed by atoms with Crippen LogP contribution in [0.3, 0.4) is 0 Å². The number of nitrogens with one attached hydrogen (secondary N) is 1. The van der Waals surface area contributed by atoms with E-state index in [9.17, 15) is 10.1 Å². The van der Waals surface area contributed by atoms with Gasteiger partial charge in [0.05, 0.1) is 47.2 Å². The number of benzene rings is 1. The number of nitrogen functional groups attached to an aromatic ring is 1. The number of carbonyl (C=O) groups is 1. The Bertz CT molecular complexity index is 1030. The standard InChI is InChI=1S/C18H16BrClN6O2/c1-28-14-4-9(12(20)5-11(14)19)15-10-6-26(7-13(10)23-16(22)24-15)17(27)25-18(8-21)2-3-18/h4-5H,2-3,6-7H2,1H3,(H,25,27)(H2,22,23,24). The molecule has 1 fully saturated rings. The number of urea groups is 1. The van der Waals surface area contributed by atoms with Gasteiger partial charge in [-0.15, -0.1) is 0 Å². The average molecular weight is 464 g/mol. The van der Waals surface area contributed by atoms with E-state index >= 15 is 0 Å². The largest absolute Gasteiger partial charge is 0.496 e. The normalized spacial score (nSPS) is 16.3. The number of ether oxygens (including phenoxy) is 1. The molecule has 1 aliphatic carbocycles. The molecule has 2 aromatic rings. The summed E-state index contributed by atoms with van der Waals surface area (Å²) in [5.74, 6) is 0.701. The summed E-state index contributed by atoms with van der Waals surface area (Å²) in [5.41, 5.74) is 7.82. The van der Waals surface area contributed by atoms with Gasteiger partial charge in [0.1, 0.15) is 11.3 Å². The van der Waals surface area contributed by atoms with Crippen LogP contribution in [0, 0.1) is 11.3 Å². The number of amides is 2. The minimum atomic E-state index is -0.734. The topological polar surface area (TPSA) is 117 Å². The van der Waals surface area contributed by atoms with Crippen molar-refractivity contribution in [3.63, 3.8) is 0 Å². The van der Waals surface area contributed by atoms with Crippen molar-refractivity contribution in [2.24, 2.45) is 0 Å². The summed E-state index contributed by atoms with van der Waals surface area (Å²) in [7, 11) is 1.56. The molecule has 1 aliphatic heterocycles. The van der Waals surface area contributed by atoms with E-state index in [0.717, 1.165) is 10.0 Å². The summed E-state index contributed by atoms with van der Waals surface area (Å²) in [5, 5.41) is 12.5. The van der Waals surface area contributed by atoms with Crippen molar-refractivity contribution in [1.29, 1.82) is 5.26 Å². The molecule has 1 aromatic carbocycles. The number of methoxy groups -OCH3 is 1. The quantitative estimate of drug-likeness (QED) is 0.721. The average Bonchev–Trinajstić information content (AvgIpc) is 3.29. The Kier molecular flexibility index (Phi) is 4.56. The molecule has 0 unspecified atom stereocenters. The van der Waals surface area contributed by atoms with Crippen LogP contribution in [0.25, 0.3) is 11.3 Å². The van der Waals surface area contributed by atoms with Crippen molar-refractivity contribution in [3.05, 3.63) is 32.9 Å². The Balaban J connectivity index is 1.69. The van der Waals surface area contributed by atoms with Gasteiger partial charge in [0.2, 0.25) is 5.95 Å². The fourth-order valence-electron chi connectivity index (χ4n) is 3.18. The minimum Gasteiger partial charge on any atom is -0.496 e. The number of nitriles is 1. The maximum atomic E-state index is 12.6. The fourth-order valence-corrected chi connectivity index (χ4v) is 4.07. The number of hydrogen-bond acceptors (Lipinski definition) is 6. The Labute approximate surface area is 174 Å². The molecule has 0 bridgehead atoms. The predicted octanol–water partition coefficient (Wildman–Crippen LogP) is 3.23. The third-order valence-electron chi connectivity index (χ3n) is 4.89. The number of fused-ring (bicyclic) bond motifs is 1. The molecule has 2 heterocycles. The molecule has 1 aromatic heterocycles. The van der Waals surface area contributed by atoms with E-state index in [-0.39, 0.29) is 18.5 Å². The van der Waals surface area contributed by atoms with Crippen molar-refractivity contribution in [2.45, 2.75) is 31.5 Å². The summed E-state index contributed by atoms with van der Waals surface area (Å²) in [6.07, 6.45) is 1.34. The van der Waals surface area contributed by atoms with Crippen LogP contribution < -0.4 is 15.8 Å². The van der Waals surface area contributed by atoms with Gasteiger partial charge < -0.3 is 20.7 Å². The molecule has 0 radical (unpaired) electrons. The first-order valence-corrected chi connectivity index (χ1v) is 9.70. The lowest BCUT2D eigenvalue weighted by atomic mass is 10.1. The molecule has 0 spiro atoms. The summed E-state index contributed by atoms with van der Waals surface area (Å²) in [6.45, 7) is 0.584. The van der Waals surface area contributed by atoms with Crippen molar-refractivity contribution in [3.8, 4) is 23.1 Å². The van der Waals surface area contributed by atoms with Crippen molar-refractivity contribution in [2.75, 3.05) is 12.8 Å². The second kappa shape index (κ2) is 6.79. The number of anilines is 1. The maximum Gasteiger partial charge on any atom is 0.319 e. The van der Waals surface area contributed by atoms with Crippen LogP contribution in [0.15, 0.2) is 16.6 Å². The molecule has 2 amide bonds. The number of carbonyl (C=O) groups excluding carboxylic acids is 1. The lowest BCUT2D eigenvalue weighted by molar-refractivity contribution is 0.195. The van der Waals surface area contributed by atoms with Gasteiger partial charge in [-0.2, -0.15) is 5.26 Å². The van der Waals surface area contributed by atoms with Crippen LogP contribution in [-0.2, 0) is 13.1 Å². The van der Waals surface area contributed by atoms with E-state index in [2.05, 4.69) is 37.3 Å². The highest BCUT2D eigenvalue weighted by Crippen LogP contribution is 2.40. The fraction of sp³-hybridized carbons (Fsp3) is 0.333. The second-order valence-corrected chi connectivity index (χ2v) is 8.06. The van der Waals surface area contributed by atoms with E-state index in [0.29, 0.717) is 47.1 Å². The van der Waals surface area contributed by atoms with E-state index < -0.39 is 5.54 Å². The Morgan fingerprint density at radius 2 is 2.18 bits per heavy atom. The number of halogens is 2. The first kappa shape index (κ1) is 18.8. The van der Waals surface area contributed by atoms with Crippen LogP contribution in [0.5, 0.6) is 5.75 Å². The molecule has 0 saturated heterocycles. The molecule has 3 N–H and O–H groups in total. The lowest BCUT2D eigenvalue weighted by Gasteiger charge is -2.18. The van der Waals surface area contributed by atoms with Gasteiger partial charge in [-0.05, 0) is 40.9 Å². The zero-order valence-corrected chi connectivity index (χ0v) is 17.3. The third-order valence-corrected chi connectivity index (χ3v) is 5.83. The zero-order valence-electron chi connectivity index (χ0n) is 14.9. The summed E-state index contributed by atoms with van der Waals surface area (Å²) < 4.78 is 6.08. The van der Waals surface area contributed by atoms with Crippen LogP contribution >= 0.6 is 27.5 Å². The van der Waals surface area contributed by atoms with Crippen LogP contribution in [0.1, 0.15) is 24.1 Å². The highest BCUT2D eigenvalue weighted by Gasteiger charge is 2.46. The summed E-state index contributed by atoms with van der Waals surface area (Å²) in [6, 6.07) is 5.35. The number of hydrogen-bond donors (Lipinski definition) is 2. The summed E-state index contributed by atoms with van der Waals surface area (Å²) >= 11 is 9.85. The SMILES string of the molecule is COc1cc(-c2nc(N)nc3c2CN(C(=O)NC2(C#N)CC2)C3)c(Cl)cc1Br. The monoisotopic (exact) mass is 462 g/mol. The molecule has 1 saturated carbocycles. The van der Waals surface area contributed by atoms with E-state index in [1.165, 1.54) is 0 Å². The van der Waals surface area contributed by atoms with Gasteiger partial charge in [-0.1, -0.05) is 11.6 Å². The zero-order chi connectivity index (χ0) is 20.1. The van der Waals surface area contributed by atoms with Crippen LogP contribution in [0.4, 0.5) is 10.7 Å². The molecule has 2 aliphatic rings. The van der Waals surface area contributed by atoms with E-state index in [4.69, 9.17) is 22.1 Å². The predicted molar refractivity (Wildman–Crippen MR) is 106 cm³/mol. The van der Waals surface area contributed by atoms with Crippen LogP contribution in [0.2, 0.25) is 5.02 Å².